The van der Waals surface area contributed by atoms with Crippen molar-refractivity contribution in [1.82, 2.24) is 14.7 Å². The van der Waals surface area contributed by atoms with E-state index >= 15 is 0 Å². The standard InChI is InChI=1S/C23H27FN4O2S/c1-30-16-15-28(14-12-22(29)25-13-11-18-5-3-2-4-6-18)23-26-21(27-31-23)17-19-7-9-20(24)10-8-19/h2-10H,11-17H2,1H3,(H,25,29). The number of nitrogens with zero attached hydrogens (tertiary/aromatic N) is 3. The van der Waals surface area contributed by atoms with Crippen molar-refractivity contribution in [1.29, 1.82) is 0 Å². The molecule has 0 spiro atoms. The lowest BCUT2D eigenvalue weighted by Crippen LogP contribution is -2.33. The smallest absolute Gasteiger partial charge is 0.221 e. The van der Waals surface area contributed by atoms with Crippen LogP contribution in [0.25, 0.3) is 0 Å². The van der Waals surface area contributed by atoms with Crippen LogP contribution in [0.4, 0.5) is 9.52 Å². The first kappa shape index (κ1) is 22.8. The summed E-state index contributed by atoms with van der Waals surface area (Å²) in [6.45, 7) is 2.30. The summed E-state index contributed by atoms with van der Waals surface area (Å²) < 4.78 is 22.7. The molecule has 0 fully saturated rings. The first-order valence-electron chi connectivity index (χ1n) is 10.3. The van der Waals surface area contributed by atoms with Gasteiger partial charge in [-0.15, -0.1) is 0 Å². The quantitative estimate of drug-likeness (QED) is 0.465. The van der Waals surface area contributed by atoms with Crippen molar-refractivity contribution in [3.8, 4) is 0 Å². The van der Waals surface area contributed by atoms with Gasteiger partial charge in [-0.25, -0.2) is 9.37 Å². The van der Waals surface area contributed by atoms with E-state index in [4.69, 9.17) is 4.74 Å². The van der Waals surface area contributed by atoms with Crippen molar-refractivity contribution in [2.24, 2.45) is 0 Å². The Morgan fingerprint density at radius 3 is 2.61 bits per heavy atom. The average molecular weight is 443 g/mol. The number of hydrogen-bond acceptors (Lipinski definition) is 6. The zero-order valence-electron chi connectivity index (χ0n) is 17.6. The van der Waals surface area contributed by atoms with Gasteiger partial charge in [-0.2, -0.15) is 4.37 Å². The second-order valence-electron chi connectivity index (χ2n) is 7.11. The Morgan fingerprint density at radius 1 is 1.10 bits per heavy atom. The second kappa shape index (κ2) is 12.1. The third kappa shape index (κ3) is 7.73. The minimum Gasteiger partial charge on any atom is -0.383 e. The van der Waals surface area contributed by atoms with Crippen LogP contribution in [0.5, 0.6) is 0 Å². The summed E-state index contributed by atoms with van der Waals surface area (Å²) in [5.41, 5.74) is 2.15. The summed E-state index contributed by atoms with van der Waals surface area (Å²) in [6.07, 6.45) is 1.71. The number of rotatable bonds is 12. The maximum absolute atomic E-state index is 13.1. The molecule has 8 heteroatoms. The molecule has 0 aliphatic rings. The fourth-order valence-electron chi connectivity index (χ4n) is 3.05. The highest BCUT2D eigenvalue weighted by molar-refractivity contribution is 7.09. The molecule has 0 aliphatic carbocycles. The fourth-order valence-corrected chi connectivity index (χ4v) is 3.79. The number of benzene rings is 2. The lowest BCUT2D eigenvalue weighted by atomic mass is 10.1. The number of methoxy groups -OCH3 is 1. The molecule has 0 unspecified atom stereocenters. The Labute approximate surface area is 186 Å². The van der Waals surface area contributed by atoms with Crippen molar-refractivity contribution in [2.75, 3.05) is 38.3 Å². The lowest BCUT2D eigenvalue weighted by molar-refractivity contribution is -0.120. The molecule has 1 amide bonds. The van der Waals surface area contributed by atoms with Crippen molar-refractivity contribution >= 4 is 22.6 Å². The number of carbonyl (C=O) groups excluding carboxylic acids is 1. The van der Waals surface area contributed by atoms with Crippen LogP contribution in [0.2, 0.25) is 0 Å². The summed E-state index contributed by atoms with van der Waals surface area (Å²) >= 11 is 1.30. The van der Waals surface area contributed by atoms with Crippen LogP contribution >= 0.6 is 11.5 Å². The minimum absolute atomic E-state index is 0.00870. The van der Waals surface area contributed by atoms with Crippen molar-refractivity contribution in [3.63, 3.8) is 0 Å². The Hall–Kier alpha value is -2.84. The van der Waals surface area contributed by atoms with E-state index in [-0.39, 0.29) is 11.7 Å². The molecule has 2 aromatic carbocycles. The predicted octanol–water partition coefficient (Wildman–Crippen LogP) is 3.47. The molecule has 3 aromatic rings. The van der Waals surface area contributed by atoms with Crippen molar-refractivity contribution in [2.45, 2.75) is 19.3 Å². The molecule has 1 heterocycles. The van der Waals surface area contributed by atoms with Gasteiger partial charge in [-0.3, -0.25) is 4.79 Å². The van der Waals surface area contributed by atoms with Crippen LogP contribution in [0.3, 0.4) is 0 Å². The van der Waals surface area contributed by atoms with E-state index in [1.807, 2.05) is 23.1 Å². The molecule has 0 bridgehead atoms. The molecule has 31 heavy (non-hydrogen) atoms. The Bertz CT molecular complexity index is 934. The number of aromatic nitrogens is 2. The maximum atomic E-state index is 13.1. The second-order valence-corrected chi connectivity index (χ2v) is 7.84. The molecule has 0 saturated carbocycles. The normalized spacial score (nSPS) is 10.8. The van der Waals surface area contributed by atoms with Crippen LogP contribution < -0.4 is 10.2 Å². The van der Waals surface area contributed by atoms with E-state index in [9.17, 15) is 9.18 Å². The van der Waals surface area contributed by atoms with Crippen LogP contribution in [-0.4, -0.2) is 48.6 Å². The minimum atomic E-state index is -0.261. The molecule has 0 aliphatic heterocycles. The third-order valence-electron chi connectivity index (χ3n) is 4.76. The molecule has 0 saturated heterocycles. The van der Waals surface area contributed by atoms with Gasteiger partial charge in [0.05, 0.1) is 6.61 Å². The van der Waals surface area contributed by atoms with E-state index in [1.165, 1.54) is 29.2 Å². The maximum Gasteiger partial charge on any atom is 0.221 e. The van der Waals surface area contributed by atoms with Crippen LogP contribution in [0.1, 0.15) is 23.4 Å². The largest absolute Gasteiger partial charge is 0.383 e. The molecular formula is C23H27FN4O2S. The summed E-state index contributed by atoms with van der Waals surface area (Å²) in [5, 5.41) is 3.73. The molecule has 3 rings (SSSR count). The van der Waals surface area contributed by atoms with E-state index < -0.39 is 0 Å². The predicted molar refractivity (Wildman–Crippen MR) is 121 cm³/mol. The van der Waals surface area contributed by atoms with E-state index in [0.29, 0.717) is 44.9 Å². The molecule has 1 N–H and O–H groups in total. The van der Waals surface area contributed by atoms with Crippen molar-refractivity contribution < 1.29 is 13.9 Å². The highest BCUT2D eigenvalue weighted by Crippen LogP contribution is 2.19. The third-order valence-corrected chi connectivity index (χ3v) is 5.57. The Morgan fingerprint density at radius 2 is 1.87 bits per heavy atom. The zero-order chi connectivity index (χ0) is 21.9. The van der Waals surface area contributed by atoms with Crippen LogP contribution in [-0.2, 0) is 22.4 Å². The van der Waals surface area contributed by atoms with Gasteiger partial charge in [0.1, 0.15) is 11.6 Å². The number of hydrogen-bond donors (Lipinski definition) is 1. The SMILES string of the molecule is COCCN(CCC(=O)NCCc1ccccc1)c1nc(Cc2ccc(F)cc2)ns1. The van der Waals surface area contributed by atoms with Gasteiger partial charge in [0.15, 0.2) is 0 Å². The molecule has 6 nitrogen and oxygen atoms in total. The fraction of sp³-hybridized carbons (Fsp3) is 0.348. The van der Waals surface area contributed by atoms with Crippen LogP contribution in [0.15, 0.2) is 54.6 Å². The molecule has 1 aromatic heterocycles. The number of carbonyl (C=O) groups is 1. The number of amides is 1. The Balaban J connectivity index is 1.50. The average Bonchev–Trinajstić information content (AvgIpc) is 3.24. The van der Waals surface area contributed by atoms with Gasteiger partial charge in [0, 0.05) is 51.1 Å². The first-order valence-corrected chi connectivity index (χ1v) is 11.0. The first-order chi connectivity index (χ1) is 15.1. The molecule has 0 atom stereocenters. The highest BCUT2D eigenvalue weighted by atomic mass is 32.1. The molecule has 0 radical (unpaired) electrons. The summed E-state index contributed by atoms with van der Waals surface area (Å²) in [4.78, 5) is 18.9. The van der Waals surface area contributed by atoms with Gasteiger partial charge in [0.25, 0.3) is 0 Å². The summed E-state index contributed by atoms with van der Waals surface area (Å²) in [6, 6.07) is 16.4. The number of anilines is 1. The van der Waals surface area contributed by atoms with Gasteiger partial charge < -0.3 is 15.0 Å². The Kier molecular flexibility index (Phi) is 8.93. The highest BCUT2D eigenvalue weighted by Gasteiger charge is 2.14. The van der Waals surface area contributed by atoms with Gasteiger partial charge in [-0.1, -0.05) is 42.5 Å². The summed E-state index contributed by atoms with van der Waals surface area (Å²) in [5.74, 6) is 0.430. The summed E-state index contributed by atoms with van der Waals surface area (Å²) in [7, 11) is 1.65. The number of ether oxygens (including phenoxy) is 1. The van der Waals surface area contributed by atoms with Gasteiger partial charge in [-0.05, 0) is 29.7 Å². The number of halogens is 1. The van der Waals surface area contributed by atoms with Crippen molar-refractivity contribution in [3.05, 3.63) is 77.4 Å². The van der Waals surface area contributed by atoms with Crippen LogP contribution in [0, 0.1) is 5.82 Å². The van der Waals surface area contributed by atoms with E-state index in [1.54, 1.807) is 19.2 Å². The van der Waals surface area contributed by atoms with Gasteiger partial charge >= 0.3 is 0 Å². The van der Waals surface area contributed by atoms with E-state index in [0.717, 1.165) is 17.1 Å². The lowest BCUT2D eigenvalue weighted by Gasteiger charge is -2.20. The monoisotopic (exact) mass is 442 g/mol. The number of nitrogens with one attached hydrogen (secondary N) is 1. The topological polar surface area (TPSA) is 67.3 Å². The van der Waals surface area contributed by atoms with Gasteiger partial charge in [0.2, 0.25) is 11.0 Å². The molecule has 164 valence electrons. The van der Waals surface area contributed by atoms with E-state index in [2.05, 4.69) is 26.8 Å². The zero-order valence-corrected chi connectivity index (χ0v) is 18.4. The molecular weight excluding hydrogens is 415 g/mol.